The molecule has 0 saturated heterocycles. The van der Waals surface area contributed by atoms with E-state index in [9.17, 15) is 8.78 Å². The molecule has 1 unspecified atom stereocenters. The van der Waals surface area contributed by atoms with Crippen LogP contribution in [0.4, 0.5) is 8.78 Å². The van der Waals surface area contributed by atoms with Gasteiger partial charge in [0.25, 0.3) is 0 Å². The third-order valence-electron chi connectivity index (χ3n) is 3.44. The van der Waals surface area contributed by atoms with Crippen molar-refractivity contribution in [2.75, 3.05) is 6.54 Å². The SMILES string of the molecule is CCCNC(c1cc(Br)ccc1C)c1cccc(F)c1F. The number of rotatable bonds is 5. The van der Waals surface area contributed by atoms with E-state index in [2.05, 4.69) is 21.2 Å². The summed E-state index contributed by atoms with van der Waals surface area (Å²) in [4.78, 5) is 0. The standard InChI is InChI=1S/C17H18BrF2N/c1-3-9-21-17(13-5-4-6-15(19)16(13)20)14-10-12(18)8-7-11(14)2/h4-8,10,17,21H,3,9H2,1-2H3. The Kier molecular flexibility index (Phi) is 5.48. The number of hydrogen-bond donors (Lipinski definition) is 1. The van der Waals surface area contributed by atoms with Crippen LogP contribution in [0.25, 0.3) is 0 Å². The fourth-order valence-corrected chi connectivity index (χ4v) is 2.72. The van der Waals surface area contributed by atoms with E-state index in [0.717, 1.165) is 34.6 Å². The van der Waals surface area contributed by atoms with Crippen LogP contribution < -0.4 is 5.32 Å². The van der Waals surface area contributed by atoms with Gasteiger partial charge in [0, 0.05) is 10.0 Å². The fourth-order valence-electron chi connectivity index (χ4n) is 2.34. The molecular weight excluding hydrogens is 336 g/mol. The largest absolute Gasteiger partial charge is 0.306 e. The highest BCUT2D eigenvalue weighted by Crippen LogP contribution is 2.30. The molecule has 1 N–H and O–H groups in total. The molecule has 4 heteroatoms. The molecule has 0 bridgehead atoms. The summed E-state index contributed by atoms with van der Waals surface area (Å²) in [5.41, 5.74) is 2.32. The molecule has 0 radical (unpaired) electrons. The summed E-state index contributed by atoms with van der Waals surface area (Å²) in [7, 11) is 0. The molecule has 0 amide bonds. The van der Waals surface area contributed by atoms with Gasteiger partial charge in [0.1, 0.15) is 0 Å². The van der Waals surface area contributed by atoms with Gasteiger partial charge in [0.2, 0.25) is 0 Å². The summed E-state index contributed by atoms with van der Waals surface area (Å²) in [6.07, 6.45) is 0.917. The van der Waals surface area contributed by atoms with Crippen molar-refractivity contribution < 1.29 is 8.78 Å². The van der Waals surface area contributed by atoms with Crippen molar-refractivity contribution in [2.45, 2.75) is 26.3 Å². The molecular formula is C17H18BrF2N. The Morgan fingerprint density at radius 3 is 2.62 bits per heavy atom. The maximum Gasteiger partial charge on any atom is 0.163 e. The third-order valence-corrected chi connectivity index (χ3v) is 3.94. The quantitative estimate of drug-likeness (QED) is 0.785. The zero-order valence-electron chi connectivity index (χ0n) is 12.1. The van der Waals surface area contributed by atoms with E-state index in [-0.39, 0.29) is 6.04 Å². The zero-order chi connectivity index (χ0) is 15.4. The second-order valence-corrected chi connectivity index (χ2v) is 5.95. The highest BCUT2D eigenvalue weighted by atomic mass is 79.9. The second kappa shape index (κ2) is 7.14. The molecule has 0 saturated carbocycles. The van der Waals surface area contributed by atoms with Gasteiger partial charge < -0.3 is 5.32 Å². The Balaban J connectivity index is 2.52. The van der Waals surface area contributed by atoms with Crippen molar-refractivity contribution in [1.82, 2.24) is 5.32 Å². The van der Waals surface area contributed by atoms with Gasteiger partial charge in [-0.25, -0.2) is 8.78 Å². The van der Waals surface area contributed by atoms with Gasteiger partial charge >= 0.3 is 0 Å². The molecule has 1 nitrogen and oxygen atoms in total. The highest BCUT2D eigenvalue weighted by molar-refractivity contribution is 9.10. The molecule has 0 aliphatic heterocycles. The smallest absolute Gasteiger partial charge is 0.163 e. The van der Waals surface area contributed by atoms with Crippen LogP contribution in [-0.2, 0) is 0 Å². The summed E-state index contributed by atoms with van der Waals surface area (Å²) in [6.45, 7) is 4.74. The molecule has 0 aliphatic carbocycles. The van der Waals surface area contributed by atoms with E-state index in [1.54, 1.807) is 12.1 Å². The number of nitrogens with one attached hydrogen (secondary N) is 1. The molecule has 2 rings (SSSR count). The van der Waals surface area contributed by atoms with Gasteiger partial charge in [0.15, 0.2) is 11.6 Å². The van der Waals surface area contributed by atoms with Crippen molar-refractivity contribution in [2.24, 2.45) is 0 Å². The lowest BCUT2D eigenvalue weighted by Gasteiger charge is -2.22. The van der Waals surface area contributed by atoms with Crippen molar-refractivity contribution in [3.63, 3.8) is 0 Å². The Hall–Kier alpha value is -1.26. The van der Waals surface area contributed by atoms with Gasteiger partial charge in [0.05, 0.1) is 6.04 Å². The monoisotopic (exact) mass is 353 g/mol. The predicted octanol–water partition coefficient (Wildman–Crippen LogP) is 5.12. The Bertz CT molecular complexity index is 626. The molecule has 112 valence electrons. The number of benzene rings is 2. The fraction of sp³-hybridized carbons (Fsp3) is 0.294. The van der Waals surface area contributed by atoms with Crippen LogP contribution >= 0.6 is 15.9 Å². The lowest BCUT2D eigenvalue weighted by atomic mass is 9.94. The maximum atomic E-state index is 14.2. The van der Waals surface area contributed by atoms with Crippen LogP contribution in [0.3, 0.4) is 0 Å². The maximum absolute atomic E-state index is 14.2. The number of halogens is 3. The van der Waals surface area contributed by atoms with Crippen molar-refractivity contribution in [1.29, 1.82) is 0 Å². The first-order valence-electron chi connectivity index (χ1n) is 6.98. The van der Waals surface area contributed by atoms with Gasteiger partial charge in [-0.1, -0.05) is 41.1 Å². The lowest BCUT2D eigenvalue weighted by Crippen LogP contribution is -2.25. The Morgan fingerprint density at radius 1 is 1.14 bits per heavy atom. The van der Waals surface area contributed by atoms with Crippen LogP contribution in [-0.4, -0.2) is 6.54 Å². The van der Waals surface area contributed by atoms with E-state index in [1.807, 2.05) is 32.0 Å². The molecule has 21 heavy (non-hydrogen) atoms. The topological polar surface area (TPSA) is 12.0 Å². The average molecular weight is 354 g/mol. The molecule has 0 heterocycles. The van der Waals surface area contributed by atoms with Crippen LogP contribution in [0, 0.1) is 18.6 Å². The summed E-state index contributed by atoms with van der Waals surface area (Å²) >= 11 is 3.44. The second-order valence-electron chi connectivity index (χ2n) is 5.03. The van der Waals surface area contributed by atoms with Gasteiger partial charge in [-0.15, -0.1) is 0 Å². The zero-order valence-corrected chi connectivity index (χ0v) is 13.7. The number of aryl methyl sites for hydroxylation is 1. The molecule has 0 spiro atoms. The molecule has 1 atom stereocenters. The first-order valence-corrected chi connectivity index (χ1v) is 7.77. The summed E-state index contributed by atoms with van der Waals surface area (Å²) in [6, 6.07) is 9.82. The Morgan fingerprint density at radius 2 is 1.90 bits per heavy atom. The van der Waals surface area contributed by atoms with Crippen LogP contribution in [0.2, 0.25) is 0 Å². The minimum absolute atomic E-state index is 0.338. The summed E-state index contributed by atoms with van der Waals surface area (Å²) < 4.78 is 28.6. The first-order chi connectivity index (χ1) is 10.0. The molecule has 0 fully saturated rings. The van der Waals surface area contributed by atoms with Gasteiger partial charge in [-0.2, -0.15) is 0 Å². The lowest BCUT2D eigenvalue weighted by molar-refractivity contribution is 0.480. The highest BCUT2D eigenvalue weighted by Gasteiger charge is 2.21. The third kappa shape index (κ3) is 3.69. The molecule has 2 aromatic carbocycles. The van der Waals surface area contributed by atoms with Crippen LogP contribution in [0.5, 0.6) is 0 Å². The number of hydrogen-bond acceptors (Lipinski definition) is 1. The van der Waals surface area contributed by atoms with Crippen molar-refractivity contribution in [3.05, 3.63) is 69.2 Å². The van der Waals surface area contributed by atoms with E-state index < -0.39 is 11.6 Å². The minimum Gasteiger partial charge on any atom is -0.306 e. The molecule has 0 aromatic heterocycles. The van der Waals surface area contributed by atoms with E-state index in [4.69, 9.17) is 0 Å². The average Bonchev–Trinajstić information content (AvgIpc) is 2.47. The van der Waals surface area contributed by atoms with Gasteiger partial charge in [-0.3, -0.25) is 0 Å². The molecule has 0 aliphatic rings. The van der Waals surface area contributed by atoms with Crippen molar-refractivity contribution >= 4 is 15.9 Å². The van der Waals surface area contributed by atoms with E-state index >= 15 is 0 Å². The summed E-state index contributed by atoms with van der Waals surface area (Å²) in [5.74, 6) is -1.60. The normalized spacial score (nSPS) is 12.4. The van der Waals surface area contributed by atoms with E-state index in [1.165, 1.54) is 0 Å². The first kappa shape index (κ1) is 16.1. The van der Waals surface area contributed by atoms with Crippen LogP contribution in [0.15, 0.2) is 40.9 Å². The van der Waals surface area contributed by atoms with E-state index in [0.29, 0.717) is 5.56 Å². The predicted molar refractivity (Wildman–Crippen MR) is 85.4 cm³/mol. The summed E-state index contributed by atoms with van der Waals surface area (Å²) in [5, 5.41) is 3.31. The molecule has 2 aromatic rings. The van der Waals surface area contributed by atoms with Crippen LogP contribution in [0.1, 0.15) is 36.1 Å². The van der Waals surface area contributed by atoms with Crippen molar-refractivity contribution in [3.8, 4) is 0 Å². The van der Waals surface area contributed by atoms with Gasteiger partial charge in [-0.05, 0) is 49.2 Å². The Labute approximate surface area is 132 Å². The minimum atomic E-state index is -0.816.